The predicted molar refractivity (Wildman–Crippen MR) is 165 cm³/mol. The number of rotatable bonds is 14. The van der Waals surface area contributed by atoms with Crippen LogP contribution in [0.4, 0.5) is 0 Å². The van der Waals surface area contributed by atoms with Crippen LogP contribution in [-0.4, -0.2) is 52.9 Å². The quantitative estimate of drug-likeness (QED) is 0.161. The number of aromatic carboxylic acids is 1. The van der Waals surface area contributed by atoms with Crippen LogP contribution in [0.1, 0.15) is 46.8 Å². The van der Waals surface area contributed by atoms with Gasteiger partial charge in [-0.15, -0.1) is 0 Å². The van der Waals surface area contributed by atoms with Crippen LogP contribution in [-0.2, 0) is 24.4 Å². The fourth-order valence-electron chi connectivity index (χ4n) is 5.11. The highest BCUT2D eigenvalue weighted by Crippen LogP contribution is 2.40. The number of benzene rings is 3. The van der Waals surface area contributed by atoms with Crippen LogP contribution < -0.4 is 23.7 Å². The van der Waals surface area contributed by atoms with Gasteiger partial charge in [0, 0.05) is 52.9 Å². The van der Waals surface area contributed by atoms with E-state index in [-0.39, 0.29) is 31.0 Å². The van der Waals surface area contributed by atoms with Gasteiger partial charge >= 0.3 is 11.9 Å². The molecule has 0 fully saturated rings. The number of carbonyl (C=O) groups is 2. The maximum absolute atomic E-state index is 12.6. The molecule has 1 aliphatic rings. The first-order valence-electron chi connectivity index (χ1n) is 14.4. The molecule has 2 heterocycles. The van der Waals surface area contributed by atoms with Crippen molar-refractivity contribution in [3.63, 3.8) is 0 Å². The van der Waals surface area contributed by atoms with E-state index in [1.165, 1.54) is 13.2 Å². The Kier molecular flexibility index (Phi) is 9.57. The van der Waals surface area contributed by atoms with E-state index < -0.39 is 11.9 Å². The molecular weight excluding hydrogens is 580 g/mol. The third-order valence-electron chi connectivity index (χ3n) is 7.43. The smallest absolute Gasteiger partial charge is 0.336 e. The number of methoxy groups -OCH3 is 2. The average molecular weight is 615 g/mol. The Labute approximate surface area is 260 Å². The van der Waals surface area contributed by atoms with E-state index >= 15 is 0 Å². The van der Waals surface area contributed by atoms with Gasteiger partial charge in [0.15, 0.2) is 11.5 Å². The molecule has 0 radical (unpaired) electrons. The molecule has 0 saturated heterocycles. The number of hydrogen-bond donors (Lipinski definition) is 2. The summed E-state index contributed by atoms with van der Waals surface area (Å²) in [5, 5.41) is 24.6. The van der Waals surface area contributed by atoms with Crippen molar-refractivity contribution >= 4 is 18.0 Å². The number of fused-ring (bicyclic) bond motifs is 1. The Morgan fingerprint density at radius 3 is 2.47 bits per heavy atom. The molecule has 4 aromatic rings. The van der Waals surface area contributed by atoms with Gasteiger partial charge < -0.3 is 33.9 Å². The van der Waals surface area contributed by atoms with Crippen LogP contribution in [0.3, 0.4) is 0 Å². The molecule has 0 saturated carbocycles. The number of aryl methyl sites for hydroxylation is 1. The molecule has 1 aliphatic heterocycles. The number of aromatic nitrogens is 2. The number of carboxylic acid groups (broad SMARTS) is 2. The average Bonchev–Trinajstić information content (AvgIpc) is 3.68. The molecule has 1 aromatic heterocycles. The van der Waals surface area contributed by atoms with E-state index in [1.807, 2.05) is 10.7 Å². The van der Waals surface area contributed by atoms with Crippen LogP contribution in [0, 0.1) is 0 Å². The van der Waals surface area contributed by atoms with E-state index in [2.05, 4.69) is 12.0 Å². The van der Waals surface area contributed by atoms with Crippen molar-refractivity contribution in [1.82, 2.24) is 9.78 Å². The number of nitrogens with zero attached hydrogens (tertiary/aromatic N) is 2. The standard InChI is InChI=1S/C34H34N2O9/c1-4-5-12-36-32(27-11-10-25(41-2)16-29(27)43-19-21-8-6-7-9-26(21)34(39)40)24(18-35-36)14-23(33(37)38)13-22-15-30-31(45-20-44-30)17-28(22)42-3/h6-11,14-18H,4-5,12-13,19-20H2,1-3H3,(H,37,38)(H,39,40). The fourth-order valence-corrected chi connectivity index (χ4v) is 5.11. The fraction of sp³-hybridized carbons (Fsp3) is 0.265. The maximum Gasteiger partial charge on any atom is 0.336 e. The van der Waals surface area contributed by atoms with Gasteiger partial charge in [0.05, 0.1) is 31.7 Å². The Morgan fingerprint density at radius 2 is 1.76 bits per heavy atom. The van der Waals surface area contributed by atoms with Crippen LogP contribution in [0.5, 0.6) is 28.7 Å². The monoisotopic (exact) mass is 614 g/mol. The minimum absolute atomic E-state index is 0.0127. The van der Waals surface area contributed by atoms with E-state index in [0.29, 0.717) is 63.2 Å². The molecule has 0 bridgehead atoms. The molecule has 5 rings (SSSR count). The lowest BCUT2D eigenvalue weighted by molar-refractivity contribution is -0.132. The number of aliphatic carboxylic acids is 1. The van der Waals surface area contributed by atoms with Crippen molar-refractivity contribution < 1.29 is 43.5 Å². The van der Waals surface area contributed by atoms with Crippen molar-refractivity contribution in [1.29, 1.82) is 0 Å². The topological polar surface area (TPSA) is 139 Å². The number of unbranched alkanes of at least 4 members (excludes halogenated alkanes) is 1. The summed E-state index contributed by atoms with van der Waals surface area (Å²) in [6.45, 7) is 2.73. The molecule has 0 amide bonds. The zero-order chi connectivity index (χ0) is 31.9. The Bertz CT molecular complexity index is 1740. The molecule has 0 aliphatic carbocycles. The van der Waals surface area contributed by atoms with Crippen LogP contribution in [0.2, 0.25) is 0 Å². The Hall–Kier alpha value is -5.45. The van der Waals surface area contributed by atoms with Gasteiger partial charge in [-0.25, -0.2) is 9.59 Å². The second-order valence-corrected chi connectivity index (χ2v) is 10.3. The molecule has 11 heteroatoms. The summed E-state index contributed by atoms with van der Waals surface area (Å²) in [4.78, 5) is 24.4. The third-order valence-corrected chi connectivity index (χ3v) is 7.43. The summed E-state index contributed by atoms with van der Waals surface area (Å²) in [6.07, 6.45) is 5.05. The van der Waals surface area contributed by atoms with Crippen LogP contribution in [0.25, 0.3) is 17.3 Å². The lowest BCUT2D eigenvalue weighted by atomic mass is 9.99. The zero-order valence-electron chi connectivity index (χ0n) is 25.2. The van der Waals surface area contributed by atoms with Gasteiger partial charge in [-0.2, -0.15) is 5.10 Å². The van der Waals surface area contributed by atoms with Crippen LogP contribution >= 0.6 is 0 Å². The second kappa shape index (κ2) is 13.9. The Balaban J connectivity index is 1.58. The van der Waals surface area contributed by atoms with E-state index in [4.69, 9.17) is 23.7 Å². The summed E-state index contributed by atoms with van der Waals surface area (Å²) >= 11 is 0. The van der Waals surface area contributed by atoms with E-state index in [9.17, 15) is 19.8 Å². The largest absolute Gasteiger partial charge is 0.497 e. The summed E-state index contributed by atoms with van der Waals surface area (Å²) in [5.74, 6) is 0.360. The van der Waals surface area contributed by atoms with Gasteiger partial charge in [-0.1, -0.05) is 31.5 Å². The molecule has 11 nitrogen and oxygen atoms in total. The van der Waals surface area contributed by atoms with Gasteiger partial charge in [-0.05, 0) is 36.8 Å². The summed E-state index contributed by atoms with van der Waals surface area (Å²) in [7, 11) is 3.06. The Morgan fingerprint density at radius 1 is 0.978 bits per heavy atom. The van der Waals surface area contributed by atoms with Gasteiger partial charge in [0.25, 0.3) is 0 Å². The van der Waals surface area contributed by atoms with Gasteiger partial charge in [0.1, 0.15) is 23.9 Å². The summed E-state index contributed by atoms with van der Waals surface area (Å²) in [6, 6.07) is 15.4. The number of carboxylic acids is 2. The summed E-state index contributed by atoms with van der Waals surface area (Å²) in [5.41, 5.74) is 3.26. The van der Waals surface area contributed by atoms with Crippen molar-refractivity contribution in [3.8, 4) is 40.0 Å². The van der Waals surface area contributed by atoms with Crippen molar-refractivity contribution in [2.75, 3.05) is 21.0 Å². The predicted octanol–water partition coefficient (Wildman–Crippen LogP) is 6.08. The highest BCUT2D eigenvalue weighted by Gasteiger charge is 2.23. The van der Waals surface area contributed by atoms with Crippen LogP contribution in [0.15, 0.2) is 66.4 Å². The first-order valence-corrected chi connectivity index (χ1v) is 14.4. The van der Waals surface area contributed by atoms with Gasteiger partial charge in [0.2, 0.25) is 6.79 Å². The van der Waals surface area contributed by atoms with Gasteiger partial charge in [-0.3, -0.25) is 4.68 Å². The van der Waals surface area contributed by atoms with Crippen molar-refractivity contribution in [2.45, 2.75) is 39.3 Å². The molecule has 0 unspecified atom stereocenters. The lowest BCUT2D eigenvalue weighted by Crippen LogP contribution is -2.08. The molecule has 3 aromatic carbocycles. The van der Waals surface area contributed by atoms with Crippen molar-refractivity contribution in [2.24, 2.45) is 0 Å². The molecule has 0 spiro atoms. The third kappa shape index (κ3) is 6.87. The maximum atomic E-state index is 12.6. The van der Waals surface area contributed by atoms with E-state index in [0.717, 1.165) is 12.8 Å². The second-order valence-electron chi connectivity index (χ2n) is 10.3. The minimum Gasteiger partial charge on any atom is -0.497 e. The molecule has 45 heavy (non-hydrogen) atoms. The highest BCUT2D eigenvalue weighted by molar-refractivity contribution is 5.94. The first-order chi connectivity index (χ1) is 21.8. The SMILES string of the molecule is CCCCn1ncc(C=C(Cc2cc3c(cc2OC)OCO3)C(=O)O)c1-c1ccc(OC)cc1OCc1ccccc1C(=O)O. The summed E-state index contributed by atoms with van der Waals surface area (Å²) < 4.78 is 30.0. The van der Waals surface area contributed by atoms with E-state index in [1.54, 1.807) is 61.8 Å². The minimum atomic E-state index is -1.10. The zero-order valence-corrected chi connectivity index (χ0v) is 25.2. The molecule has 0 atom stereocenters. The molecule has 2 N–H and O–H groups in total. The highest BCUT2D eigenvalue weighted by atomic mass is 16.7. The molecule has 234 valence electrons. The van der Waals surface area contributed by atoms with Crippen molar-refractivity contribution in [3.05, 3.63) is 88.6 Å². The first kappa shape index (κ1) is 31.0. The normalized spacial score (nSPS) is 12.2. The lowest BCUT2D eigenvalue weighted by Gasteiger charge is -2.16. The number of hydrogen-bond acceptors (Lipinski definition) is 8. The number of ether oxygens (including phenoxy) is 5. The molecular formula is C34H34N2O9.